The van der Waals surface area contributed by atoms with Crippen LogP contribution in [0.2, 0.25) is 5.28 Å². The number of rotatable bonds is 2. The molecule has 0 unspecified atom stereocenters. The maximum Gasteiger partial charge on any atom is 0.417 e. The molecule has 2 aromatic rings. The zero-order chi connectivity index (χ0) is 14.0. The van der Waals surface area contributed by atoms with Crippen molar-refractivity contribution in [1.82, 2.24) is 9.97 Å². The molecule has 1 N–H and O–H groups in total. The Morgan fingerprint density at radius 3 is 2.58 bits per heavy atom. The largest absolute Gasteiger partial charge is 0.417 e. The van der Waals surface area contributed by atoms with E-state index < -0.39 is 11.7 Å². The Labute approximate surface area is 120 Å². The summed E-state index contributed by atoms with van der Waals surface area (Å²) in [5.41, 5.74) is -0.511. The van der Waals surface area contributed by atoms with Gasteiger partial charge in [-0.25, -0.2) is 9.97 Å². The molecule has 0 saturated heterocycles. The van der Waals surface area contributed by atoms with E-state index in [9.17, 15) is 13.2 Å². The molecule has 2 rings (SSSR count). The Hall–Kier alpha value is -1.34. The van der Waals surface area contributed by atoms with Gasteiger partial charge in [0.1, 0.15) is 5.82 Å². The summed E-state index contributed by atoms with van der Waals surface area (Å²) in [4.78, 5) is 7.51. The lowest BCUT2D eigenvalue weighted by atomic mass is 10.2. The normalized spacial score (nSPS) is 11.4. The van der Waals surface area contributed by atoms with Gasteiger partial charge in [0, 0.05) is 16.4 Å². The van der Waals surface area contributed by atoms with Crippen molar-refractivity contribution in [2.45, 2.75) is 6.18 Å². The SMILES string of the molecule is FC(F)(F)c1cc(Nc2ccnc(Cl)n2)ccc1Br. The van der Waals surface area contributed by atoms with Crippen molar-refractivity contribution in [2.24, 2.45) is 0 Å². The highest BCUT2D eigenvalue weighted by molar-refractivity contribution is 9.10. The molecule has 0 aliphatic carbocycles. The molecule has 0 amide bonds. The highest BCUT2D eigenvalue weighted by Crippen LogP contribution is 2.36. The number of alkyl halides is 3. The second kappa shape index (κ2) is 5.34. The van der Waals surface area contributed by atoms with E-state index in [-0.39, 0.29) is 15.4 Å². The number of nitrogens with one attached hydrogen (secondary N) is 1. The smallest absolute Gasteiger partial charge is 0.340 e. The van der Waals surface area contributed by atoms with Crippen LogP contribution in [0, 0.1) is 0 Å². The Bertz CT molecular complexity index is 604. The van der Waals surface area contributed by atoms with E-state index in [1.807, 2.05) is 0 Å². The van der Waals surface area contributed by atoms with Crippen LogP contribution in [0.3, 0.4) is 0 Å². The molecule has 8 heteroatoms. The van der Waals surface area contributed by atoms with Gasteiger partial charge in [-0.05, 0) is 35.9 Å². The van der Waals surface area contributed by atoms with Crippen molar-refractivity contribution >= 4 is 39.0 Å². The number of nitrogens with zero attached hydrogens (tertiary/aromatic N) is 2. The van der Waals surface area contributed by atoms with Crippen LogP contribution in [0.25, 0.3) is 0 Å². The first kappa shape index (κ1) is 14.1. The predicted molar refractivity (Wildman–Crippen MR) is 69.5 cm³/mol. The van der Waals surface area contributed by atoms with E-state index in [0.717, 1.165) is 6.07 Å². The second-order valence-electron chi connectivity index (χ2n) is 3.53. The molecular weight excluding hydrogens is 346 g/mol. The fourth-order valence-corrected chi connectivity index (χ4v) is 1.99. The monoisotopic (exact) mass is 351 g/mol. The molecule has 1 heterocycles. The fraction of sp³-hybridized carbons (Fsp3) is 0.0909. The van der Waals surface area contributed by atoms with Crippen LogP contribution in [0.5, 0.6) is 0 Å². The lowest BCUT2D eigenvalue weighted by Gasteiger charge is -2.12. The minimum Gasteiger partial charge on any atom is -0.340 e. The van der Waals surface area contributed by atoms with Gasteiger partial charge in [-0.15, -0.1) is 0 Å². The van der Waals surface area contributed by atoms with Crippen molar-refractivity contribution in [1.29, 1.82) is 0 Å². The molecule has 0 saturated carbocycles. The highest BCUT2D eigenvalue weighted by Gasteiger charge is 2.33. The predicted octanol–water partition coefficient (Wildman–Crippen LogP) is 4.65. The van der Waals surface area contributed by atoms with Gasteiger partial charge in [-0.1, -0.05) is 15.9 Å². The molecule has 1 aromatic heterocycles. The zero-order valence-electron chi connectivity index (χ0n) is 9.17. The van der Waals surface area contributed by atoms with Crippen LogP contribution in [-0.4, -0.2) is 9.97 Å². The van der Waals surface area contributed by atoms with Crippen LogP contribution in [0.1, 0.15) is 5.56 Å². The molecular formula is C11H6BrClF3N3. The number of anilines is 2. The van der Waals surface area contributed by atoms with E-state index in [0.29, 0.717) is 5.82 Å². The molecule has 1 aromatic carbocycles. The first-order valence-electron chi connectivity index (χ1n) is 4.98. The summed E-state index contributed by atoms with van der Waals surface area (Å²) in [5.74, 6) is 0.315. The van der Waals surface area contributed by atoms with Crippen LogP contribution in [0.15, 0.2) is 34.9 Å². The van der Waals surface area contributed by atoms with E-state index in [1.165, 1.54) is 24.4 Å². The molecule has 0 radical (unpaired) electrons. The van der Waals surface area contributed by atoms with Crippen LogP contribution in [0.4, 0.5) is 24.7 Å². The Kier molecular flexibility index (Phi) is 3.96. The minimum atomic E-state index is -4.43. The minimum absolute atomic E-state index is 0.0122. The summed E-state index contributed by atoms with van der Waals surface area (Å²) < 4.78 is 38.2. The first-order valence-corrected chi connectivity index (χ1v) is 6.15. The second-order valence-corrected chi connectivity index (χ2v) is 4.72. The molecule has 0 fully saturated rings. The number of halogens is 5. The van der Waals surface area contributed by atoms with Crippen LogP contribution < -0.4 is 5.32 Å². The molecule has 0 bridgehead atoms. The van der Waals surface area contributed by atoms with Gasteiger partial charge in [-0.3, -0.25) is 0 Å². The number of hydrogen-bond donors (Lipinski definition) is 1. The van der Waals surface area contributed by atoms with Crippen molar-refractivity contribution in [3.8, 4) is 0 Å². The molecule has 0 aliphatic heterocycles. The van der Waals surface area contributed by atoms with Crippen molar-refractivity contribution in [2.75, 3.05) is 5.32 Å². The van der Waals surface area contributed by atoms with Gasteiger partial charge in [-0.2, -0.15) is 13.2 Å². The maximum atomic E-state index is 12.7. The average molecular weight is 353 g/mol. The van der Waals surface area contributed by atoms with Gasteiger partial charge in [0.25, 0.3) is 0 Å². The summed E-state index contributed by atoms with van der Waals surface area (Å²) in [5, 5.41) is 2.74. The number of hydrogen-bond acceptors (Lipinski definition) is 3. The van der Waals surface area contributed by atoms with Gasteiger partial charge in [0.2, 0.25) is 5.28 Å². The van der Waals surface area contributed by atoms with Crippen molar-refractivity contribution in [3.63, 3.8) is 0 Å². The van der Waals surface area contributed by atoms with Gasteiger partial charge < -0.3 is 5.32 Å². The highest BCUT2D eigenvalue weighted by atomic mass is 79.9. The molecule has 19 heavy (non-hydrogen) atoms. The molecule has 100 valence electrons. The zero-order valence-corrected chi connectivity index (χ0v) is 11.5. The molecule has 0 atom stereocenters. The third-order valence-corrected chi connectivity index (χ3v) is 3.04. The summed E-state index contributed by atoms with van der Waals surface area (Å²) in [7, 11) is 0. The lowest BCUT2D eigenvalue weighted by molar-refractivity contribution is -0.138. The Balaban J connectivity index is 2.32. The van der Waals surface area contributed by atoms with E-state index in [2.05, 4.69) is 31.2 Å². The average Bonchev–Trinajstić information content (AvgIpc) is 2.30. The van der Waals surface area contributed by atoms with E-state index in [1.54, 1.807) is 0 Å². The lowest BCUT2D eigenvalue weighted by Crippen LogP contribution is -2.07. The summed E-state index contributed by atoms with van der Waals surface area (Å²) in [6.07, 6.45) is -3.03. The van der Waals surface area contributed by atoms with E-state index >= 15 is 0 Å². The number of aromatic nitrogens is 2. The maximum absolute atomic E-state index is 12.7. The third kappa shape index (κ3) is 3.57. The standard InChI is InChI=1S/C11H6BrClF3N3/c12-8-2-1-6(5-7(8)11(14,15)16)18-9-3-4-17-10(13)19-9/h1-5H,(H,17,18,19). The summed E-state index contributed by atoms with van der Waals surface area (Å²) in [6.45, 7) is 0. The van der Waals surface area contributed by atoms with Crippen molar-refractivity contribution in [3.05, 3.63) is 45.8 Å². The Morgan fingerprint density at radius 1 is 1.21 bits per heavy atom. The van der Waals surface area contributed by atoms with Gasteiger partial charge in [0.15, 0.2) is 0 Å². The topological polar surface area (TPSA) is 37.8 Å². The summed E-state index contributed by atoms with van der Waals surface area (Å²) >= 11 is 8.46. The van der Waals surface area contributed by atoms with Crippen LogP contribution >= 0.6 is 27.5 Å². The third-order valence-electron chi connectivity index (χ3n) is 2.17. The molecule has 0 aliphatic rings. The van der Waals surface area contributed by atoms with Crippen molar-refractivity contribution < 1.29 is 13.2 Å². The molecule has 0 spiro atoms. The van der Waals surface area contributed by atoms with Crippen LogP contribution in [-0.2, 0) is 6.18 Å². The van der Waals surface area contributed by atoms with Gasteiger partial charge >= 0.3 is 6.18 Å². The first-order chi connectivity index (χ1) is 8.86. The summed E-state index contributed by atoms with van der Waals surface area (Å²) in [6, 6.07) is 5.30. The fourth-order valence-electron chi connectivity index (χ4n) is 1.37. The van der Waals surface area contributed by atoms with Gasteiger partial charge in [0.05, 0.1) is 5.56 Å². The quantitative estimate of drug-likeness (QED) is 0.799. The molecule has 3 nitrogen and oxygen atoms in total. The number of benzene rings is 1. The Morgan fingerprint density at radius 2 is 1.95 bits per heavy atom. The van der Waals surface area contributed by atoms with E-state index in [4.69, 9.17) is 11.6 Å².